The molecule has 0 N–H and O–H groups in total. The number of benzene rings is 2. The zero-order chi connectivity index (χ0) is 22.9. The summed E-state index contributed by atoms with van der Waals surface area (Å²) in [5.74, 6) is -0.606. The van der Waals surface area contributed by atoms with Crippen LogP contribution in [0, 0.1) is 0 Å². The minimum Gasteiger partial charge on any atom is -0.497 e. The lowest BCUT2D eigenvalue weighted by molar-refractivity contribution is -0.159. The third kappa shape index (κ3) is 4.55. The predicted octanol–water partition coefficient (Wildman–Crippen LogP) is 3.61. The van der Waals surface area contributed by atoms with Gasteiger partial charge in [0.05, 0.1) is 18.6 Å². The highest BCUT2D eigenvalue weighted by Crippen LogP contribution is 2.30. The minimum absolute atomic E-state index is 0.168. The van der Waals surface area contributed by atoms with Crippen molar-refractivity contribution < 1.29 is 35.6 Å². The fourth-order valence-corrected chi connectivity index (χ4v) is 4.73. The van der Waals surface area contributed by atoms with Crippen LogP contribution in [0.15, 0.2) is 57.9 Å². The summed E-state index contributed by atoms with van der Waals surface area (Å²) >= 11 is 0. The van der Waals surface area contributed by atoms with Gasteiger partial charge in [-0.3, -0.25) is 0 Å². The molecule has 0 radical (unpaired) electrons. The maximum atomic E-state index is 12.8. The van der Waals surface area contributed by atoms with Crippen LogP contribution in [0.5, 0.6) is 11.5 Å². The highest BCUT2D eigenvalue weighted by Gasteiger charge is 2.38. The van der Waals surface area contributed by atoms with Crippen LogP contribution in [0.2, 0.25) is 0 Å². The molecule has 32 heavy (non-hydrogen) atoms. The van der Waals surface area contributed by atoms with Crippen molar-refractivity contribution in [1.29, 1.82) is 0 Å². The molecular weight excluding hydrogens is 451 g/mol. The summed E-state index contributed by atoms with van der Waals surface area (Å²) in [6.45, 7) is 0.482. The maximum Gasteiger partial charge on any atom is 0.471 e. The molecule has 0 saturated carbocycles. The lowest BCUT2D eigenvalue weighted by atomic mass is 10.2. The van der Waals surface area contributed by atoms with E-state index in [9.17, 15) is 21.6 Å². The topological polar surface area (TPSA) is 94.8 Å². The molecule has 1 atom stereocenters. The van der Waals surface area contributed by atoms with Crippen LogP contribution in [-0.4, -0.2) is 49.2 Å². The van der Waals surface area contributed by atoms with E-state index in [-0.39, 0.29) is 23.4 Å². The summed E-state index contributed by atoms with van der Waals surface area (Å²) < 4.78 is 79.9. The Bertz CT molecular complexity index is 1180. The number of methoxy groups -OCH3 is 1. The Morgan fingerprint density at radius 1 is 1.06 bits per heavy atom. The van der Waals surface area contributed by atoms with Gasteiger partial charge in [0, 0.05) is 12.1 Å². The van der Waals surface area contributed by atoms with Crippen molar-refractivity contribution in [1.82, 2.24) is 14.4 Å². The average molecular weight is 469 g/mol. The van der Waals surface area contributed by atoms with Crippen molar-refractivity contribution in [2.75, 3.05) is 20.2 Å². The van der Waals surface area contributed by atoms with E-state index in [2.05, 4.69) is 14.7 Å². The van der Waals surface area contributed by atoms with Crippen LogP contribution in [0.1, 0.15) is 12.3 Å². The van der Waals surface area contributed by atoms with E-state index in [0.717, 1.165) is 0 Å². The first-order chi connectivity index (χ1) is 15.2. The number of sulfonamides is 1. The number of aromatic nitrogens is 2. The van der Waals surface area contributed by atoms with E-state index in [4.69, 9.17) is 9.47 Å². The first-order valence-corrected chi connectivity index (χ1v) is 10.9. The molecular formula is C20H18F3N3O5S. The fourth-order valence-electron chi connectivity index (χ4n) is 3.24. The molecule has 3 aromatic rings. The Kier molecular flexibility index (Phi) is 5.82. The quantitative estimate of drug-likeness (QED) is 0.544. The summed E-state index contributed by atoms with van der Waals surface area (Å²) in [5.41, 5.74) is 0.326. The highest BCUT2D eigenvalue weighted by atomic mass is 32.2. The van der Waals surface area contributed by atoms with Gasteiger partial charge in [-0.05, 0) is 55.0 Å². The smallest absolute Gasteiger partial charge is 0.471 e. The molecule has 0 bridgehead atoms. The Balaban J connectivity index is 1.39. The molecule has 1 aliphatic rings. The summed E-state index contributed by atoms with van der Waals surface area (Å²) in [6, 6.07) is 12.3. The molecule has 0 spiro atoms. The first kappa shape index (κ1) is 22.1. The summed E-state index contributed by atoms with van der Waals surface area (Å²) in [7, 11) is -2.16. The molecule has 2 heterocycles. The number of ether oxygens (including phenoxy) is 2. The molecule has 0 unspecified atom stereocenters. The predicted molar refractivity (Wildman–Crippen MR) is 106 cm³/mol. The monoisotopic (exact) mass is 469 g/mol. The Hall–Kier alpha value is -3.12. The average Bonchev–Trinajstić information content (AvgIpc) is 3.45. The van der Waals surface area contributed by atoms with Crippen molar-refractivity contribution in [3.8, 4) is 22.9 Å². The Labute approximate surface area is 181 Å². The molecule has 170 valence electrons. The van der Waals surface area contributed by atoms with Gasteiger partial charge in [0.15, 0.2) is 0 Å². The SMILES string of the molecule is COc1ccc(S(=O)(=O)N2CC[C@@H](Oc3ccc(-c4noc(C(F)(F)F)n4)cc3)C2)cc1. The largest absolute Gasteiger partial charge is 0.497 e. The highest BCUT2D eigenvalue weighted by molar-refractivity contribution is 7.89. The Morgan fingerprint density at radius 2 is 1.72 bits per heavy atom. The summed E-state index contributed by atoms with van der Waals surface area (Å²) in [4.78, 5) is 3.50. The van der Waals surface area contributed by atoms with Crippen LogP contribution in [-0.2, 0) is 16.2 Å². The number of nitrogens with zero attached hydrogens (tertiary/aromatic N) is 3. The third-order valence-corrected chi connectivity index (χ3v) is 6.77. The van der Waals surface area contributed by atoms with Gasteiger partial charge >= 0.3 is 12.1 Å². The summed E-state index contributed by atoms with van der Waals surface area (Å²) in [6.07, 6.45) is -4.58. The van der Waals surface area contributed by atoms with Gasteiger partial charge in [-0.25, -0.2) is 8.42 Å². The molecule has 1 aromatic heterocycles. The van der Waals surface area contributed by atoms with E-state index >= 15 is 0 Å². The van der Waals surface area contributed by atoms with Crippen LogP contribution in [0.4, 0.5) is 13.2 Å². The molecule has 1 aliphatic heterocycles. The second-order valence-electron chi connectivity index (χ2n) is 7.01. The van der Waals surface area contributed by atoms with E-state index < -0.39 is 22.1 Å². The molecule has 0 amide bonds. The van der Waals surface area contributed by atoms with Gasteiger partial charge in [0.2, 0.25) is 15.8 Å². The molecule has 0 aliphatic carbocycles. The number of hydrogen-bond acceptors (Lipinski definition) is 7. The van der Waals surface area contributed by atoms with Gasteiger partial charge < -0.3 is 14.0 Å². The lowest BCUT2D eigenvalue weighted by Gasteiger charge is -2.17. The number of alkyl halides is 3. The van der Waals surface area contributed by atoms with Crippen LogP contribution in [0.25, 0.3) is 11.4 Å². The fraction of sp³-hybridized carbons (Fsp3) is 0.300. The van der Waals surface area contributed by atoms with E-state index in [1.165, 1.54) is 35.7 Å². The van der Waals surface area contributed by atoms with Gasteiger partial charge in [-0.15, -0.1) is 0 Å². The van der Waals surface area contributed by atoms with Crippen molar-refractivity contribution >= 4 is 10.0 Å². The van der Waals surface area contributed by atoms with E-state index in [1.54, 1.807) is 24.3 Å². The second-order valence-corrected chi connectivity index (χ2v) is 8.95. The zero-order valence-electron chi connectivity index (χ0n) is 16.7. The molecule has 4 rings (SSSR count). The van der Waals surface area contributed by atoms with Crippen molar-refractivity contribution in [3.05, 3.63) is 54.4 Å². The van der Waals surface area contributed by atoms with Crippen molar-refractivity contribution in [2.24, 2.45) is 0 Å². The molecule has 2 aromatic carbocycles. The number of halogens is 3. The second kappa shape index (κ2) is 8.43. The number of hydrogen-bond donors (Lipinski definition) is 0. The standard InChI is InChI=1S/C20H18F3N3O5S/c1-29-14-6-8-17(9-7-14)32(27,28)26-11-10-16(12-26)30-15-4-2-13(3-5-15)18-24-19(31-25-18)20(21,22)23/h2-9,16H,10-12H2,1H3/t16-/m1/s1. The zero-order valence-corrected chi connectivity index (χ0v) is 17.6. The first-order valence-electron chi connectivity index (χ1n) is 9.49. The van der Waals surface area contributed by atoms with Gasteiger partial charge in [-0.2, -0.15) is 22.5 Å². The van der Waals surface area contributed by atoms with E-state index in [0.29, 0.717) is 30.0 Å². The third-order valence-electron chi connectivity index (χ3n) is 4.89. The lowest BCUT2D eigenvalue weighted by Crippen LogP contribution is -2.31. The van der Waals surface area contributed by atoms with Crippen LogP contribution in [0.3, 0.4) is 0 Å². The van der Waals surface area contributed by atoms with Gasteiger partial charge in [0.25, 0.3) is 0 Å². The van der Waals surface area contributed by atoms with E-state index in [1.807, 2.05) is 0 Å². The normalized spacial score (nSPS) is 17.4. The van der Waals surface area contributed by atoms with Crippen LogP contribution >= 0.6 is 0 Å². The molecule has 1 fully saturated rings. The van der Waals surface area contributed by atoms with Gasteiger partial charge in [-0.1, -0.05) is 5.16 Å². The summed E-state index contributed by atoms with van der Waals surface area (Å²) in [5, 5.41) is 3.33. The van der Waals surface area contributed by atoms with Crippen molar-refractivity contribution in [2.45, 2.75) is 23.6 Å². The molecule has 8 nitrogen and oxygen atoms in total. The van der Waals surface area contributed by atoms with Crippen LogP contribution < -0.4 is 9.47 Å². The van der Waals surface area contributed by atoms with Gasteiger partial charge in [0.1, 0.15) is 17.6 Å². The van der Waals surface area contributed by atoms with Crippen molar-refractivity contribution in [3.63, 3.8) is 0 Å². The Morgan fingerprint density at radius 3 is 2.31 bits per heavy atom. The molecule has 12 heteroatoms. The molecule has 1 saturated heterocycles. The number of rotatable bonds is 6. The minimum atomic E-state index is -4.71. The maximum absolute atomic E-state index is 12.8.